The molecule has 0 aromatic heterocycles. The van der Waals surface area contributed by atoms with Gasteiger partial charge in [-0.15, -0.1) is 0 Å². The number of anilines is 2. The highest BCUT2D eigenvalue weighted by molar-refractivity contribution is 5.68. The summed E-state index contributed by atoms with van der Waals surface area (Å²) in [7, 11) is 0. The van der Waals surface area contributed by atoms with Gasteiger partial charge >= 0.3 is 0 Å². The summed E-state index contributed by atoms with van der Waals surface area (Å²) in [4.78, 5) is 0. The molecule has 0 atom stereocenters. The molecule has 0 aliphatic heterocycles. The van der Waals surface area contributed by atoms with E-state index in [9.17, 15) is 0 Å². The summed E-state index contributed by atoms with van der Waals surface area (Å²) in [5, 5.41) is 6.79. The van der Waals surface area contributed by atoms with E-state index in [1.807, 2.05) is 0 Å². The van der Waals surface area contributed by atoms with Crippen LogP contribution in [-0.2, 0) is 0 Å². The van der Waals surface area contributed by atoms with Gasteiger partial charge in [-0.2, -0.15) is 0 Å². The van der Waals surface area contributed by atoms with Crippen LogP contribution in [0.4, 0.5) is 11.4 Å². The molecule has 0 heterocycles. The summed E-state index contributed by atoms with van der Waals surface area (Å²) in [5.74, 6) is 0. The molecule has 20 heavy (non-hydrogen) atoms. The Morgan fingerprint density at radius 3 is 1.25 bits per heavy atom. The van der Waals surface area contributed by atoms with Crippen LogP contribution >= 0.6 is 0 Å². The largest absolute Gasteiger partial charge is 0.385 e. The van der Waals surface area contributed by atoms with E-state index in [0.29, 0.717) is 0 Å². The van der Waals surface area contributed by atoms with Crippen molar-refractivity contribution in [1.82, 2.24) is 0 Å². The van der Waals surface area contributed by atoms with Crippen LogP contribution in [-0.4, -0.2) is 13.1 Å². The van der Waals surface area contributed by atoms with E-state index in [0.717, 1.165) is 25.9 Å². The van der Waals surface area contributed by atoms with Gasteiger partial charge in [0, 0.05) is 24.5 Å². The third kappa shape index (κ3) is 4.02. The zero-order valence-electron chi connectivity index (χ0n) is 12.4. The lowest BCUT2D eigenvalue weighted by Gasteiger charge is -2.08. The van der Waals surface area contributed by atoms with Crippen molar-refractivity contribution in [3.63, 3.8) is 0 Å². The fourth-order valence-electron chi connectivity index (χ4n) is 2.10. The summed E-state index contributed by atoms with van der Waals surface area (Å²) in [5.41, 5.74) is 4.90. The maximum atomic E-state index is 3.40. The van der Waals surface area contributed by atoms with Gasteiger partial charge in [0.05, 0.1) is 0 Å². The van der Waals surface area contributed by atoms with Gasteiger partial charge in [-0.05, 0) is 48.2 Å². The summed E-state index contributed by atoms with van der Waals surface area (Å²) < 4.78 is 0. The Morgan fingerprint density at radius 2 is 0.950 bits per heavy atom. The molecule has 0 bridgehead atoms. The molecule has 2 rings (SSSR count). The monoisotopic (exact) mass is 268 g/mol. The Bertz CT molecular complexity index is 450. The zero-order valence-corrected chi connectivity index (χ0v) is 12.4. The average molecular weight is 268 g/mol. The molecule has 0 saturated carbocycles. The Morgan fingerprint density at radius 1 is 0.600 bits per heavy atom. The molecule has 2 N–H and O–H groups in total. The van der Waals surface area contributed by atoms with Crippen LogP contribution in [0, 0.1) is 0 Å². The average Bonchev–Trinajstić information content (AvgIpc) is 2.52. The minimum absolute atomic E-state index is 1.02. The van der Waals surface area contributed by atoms with Gasteiger partial charge in [0.1, 0.15) is 0 Å². The summed E-state index contributed by atoms with van der Waals surface area (Å²) in [6.45, 7) is 6.40. The van der Waals surface area contributed by atoms with Crippen molar-refractivity contribution in [3.05, 3.63) is 48.5 Å². The molecular weight excluding hydrogens is 244 g/mol. The normalized spacial score (nSPS) is 10.3. The van der Waals surface area contributed by atoms with Gasteiger partial charge in [0.2, 0.25) is 0 Å². The first-order valence-electron chi connectivity index (χ1n) is 7.51. The third-order valence-electron chi connectivity index (χ3n) is 3.26. The van der Waals surface area contributed by atoms with E-state index in [1.165, 1.54) is 22.5 Å². The van der Waals surface area contributed by atoms with Gasteiger partial charge in [-0.3, -0.25) is 0 Å². The molecule has 0 fully saturated rings. The van der Waals surface area contributed by atoms with Crippen LogP contribution in [0.15, 0.2) is 48.5 Å². The minimum Gasteiger partial charge on any atom is -0.385 e. The first kappa shape index (κ1) is 14.4. The number of nitrogens with one attached hydrogen (secondary N) is 2. The van der Waals surface area contributed by atoms with Crippen LogP contribution in [0.5, 0.6) is 0 Å². The van der Waals surface area contributed by atoms with Crippen molar-refractivity contribution in [2.24, 2.45) is 0 Å². The molecule has 2 nitrogen and oxygen atoms in total. The summed E-state index contributed by atoms with van der Waals surface area (Å²) in [6, 6.07) is 17.3. The highest BCUT2D eigenvalue weighted by Gasteiger charge is 1.98. The molecule has 2 aromatic carbocycles. The first-order chi connectivity index (χ1) is 9.83. The lowest BCUT2D eigenvalue weighted by molar-refractivity contribution is 0.979. The van der Waals surface area contributed by atoms with E-state index in [-0.39, 0.29) is 0 Å². The number of hydrogen-bond acceptors (Lipinski definition) is 2. The molecule has 0 amide bonds. The zero-order chi connectivity index (χ0) is 14.2. The second kappa shape index (κ2) is 7.59. The molecule has 0 aliphatic carbocycles. The van der Waals surface area contributed by atoms with E-state index in [2.05, 4.69) is 73.0 Å². The maximum absolute atomic E-state index is 3.40. The molecule has 0 unspecified atom stereocenters. The molecular formula is C18H24N2. The highest BCUT2D eigenvalue weighted by Crippen LogP contribution is 2.23. The third-order valence-corrected chi connectivity index (χ3v) is 3.26. The predicted molar refractivity (Wildman–Crippen MR) is 89.4 cm³/mol. The topological polar surface area (TPSA) is 24.1 Å². The number of rotatable bonds is 7. The fourth-order valence-corrected chi connectivity index (χ4v) is 2.10. The van der Waals surface area contributed by atoms with E-state index >= 15 is 0 Å². The van der Waals surface area contributed by atoms with Gasteiger partial charge in [0.25, 0.3) is 0 Å². The van der Waals surface area contributed by atoms with Gasteiger partial charge in [-0.1, -0.05) is 38.1 Å². The van der Waals surface area contributed by atoms with Crippen LogP contribution in [0.1, 0.15) is 26.7 Å². The molecule has 0 saturated heterocycles. The van der Waals surface area contributed by atoms with Crippen molar-refractivity contribution in [2.45, 2.75) is 26.7 Å². The van der Waals surface area contributed by atoms with Crippen molar-refractivity contribution in [1.29, 1.82) is 0 Å². The Hall–Kier alpha value is -1.96. The predicted octanol–water partition coefficient (Wildman–Crippen LogP) is 5.00. The lowest BCUT2D eigenvalue weighted by atomic mass is 10.0. The molecule has 2 heteroatoms. The SMILES string of the molecule is CCCNc1ccc(-c2ccc(NCCC)cc2)cc1. The molecule has 0 radical (unpaired) electrons. The highest BCUT2D eigenvalue weighted by atomic mass is 14.9. The summed E-state index contributed by atoms with van der Waals surface area (Å²) in [6.07, 6.45) is 2.29. The molecule has 0 aliphatic rings. The Kier molecular flexibility index (Phi) is 5.48. The van der Waals surface area contributed by atoms with Crippen LogP contribution in [0.3, 0.4) is 0 Å². The quantitative estimate of drug-likeness (QED) is 0.738. The first-order valence-corrected chi connectivity index (χ1v) is 7.51. The second-order valence-corrected chi connectivity index (χ2v) is 5.01. The van der Waals surface area contributed by atoms with Crippen LogP contribution < -0.4 is 10.6 Å². The number of benzene rings is 2. The van der Waals surface area contributed by atoms with Gasteiger partial charge < -0.3 is 10.6 Å². The van der Waals surface area contributed by atoms with E-state index in [1.54, 1.807) is 0 Å². The van der Waals surface area contributed by atoms with E-state index in [4.69, 9.17) is 0 Å². The lowest BCUT2D eigenvalue weighted by Crippen LogP contribution is -1.99. The molecule has 0 spiro atoms. The van der Waals surface area contributed by atoms with Crippen LogP contribution in [0.2, 0.25) is 0 Å². The fraction of sp³-hybridized carbons (Fsp3) is 0.333. The maximum Gasteiger partial charge on any atom is 0.0340 e. The standard InChI is InChI=1S/C18H24N2/c1-3-13-19-17-9-5-15(6-10-17)16-7-11-18(12-8-16)20-14-4-2/h5-12,19-20H,3-4,13-14H2,1-2H3. The van der Waals surface area contributed by atoms with Crippen molar-refractivity contribution in [3.8, 4) is 11.1 Å². The van der Waals surface area contributed by atoms with Gasteiger partial charge in [-0.25, -0.2) is 0 Å². The van der Waals surface area contributed by atoms with Crippen LogP contribution in [0.25, 0.3) is 11.1 Å². The molecule has 2 aromatic rings. The van der Waals surface area contributed by atoms with Crippen molar-refractivity contribution >= 4 is 11.4 Å². The Labute approximate surface area is 122 Å². The molecule has 106 valence electrons. The number of hydrogen-bond donors (Lipinski definition) is 2. The van der Waals surface area contributed by atoms with Gasteiger partial charge in [0.15, 0.2) is 0 Å². The smallest absolute Gasteiger partial charge is 0.0340 e. The van der Waals surface area contributed by atoms with Crippen molar-refractivity contribution in [2.75, 3.05) is 23.7 Å². The Balaban J connectivity index is 2.03. The van der Waals surface area contributed by atoms with E-state index < -0.39 is 0 Å². The van der Waals surface area contributed by atoms with Crippen molar-refractivity contribution < 1.29 is 0 Å². The second-order valence-electron chi connectivity index (χ2n) is 5.01. The summed E-state index contributed by atoms with van der Waals surface area (Å²) >= 11 is 0. The minimum atomic E-state index is 1.02.